The van der Waals surface area contributed by atoms with Crippen LogP contribution in [0.15, 0.2) is 18.2 Å². The van der Waals surface area contributed by atoms with Crippen LogP contribution in [0.2, 0.25) is 5.02 Å². The van der Waals surface area contributed by atoms with E-state index in [9.17, 15) is 13.2 Å². The van der Waals surface area contributed by atoms with Gasteiger partial charge in [-0.25, -0.2) is 0 Å². The molecule has 2 rings (SSSR count). The van der Waals surface area contributed by atoms with Gasteiger partial charge in [0.1, 0.15) is 6.10 Å². The second kappa shape index (κ2) is 3.14. The van der Waals surface area contributed by atoms with E-state index in [0.717, 1.165) is 12.1 Å². The molecule has 1 aliphatic rings. The van der Waals surface area contributed by atoms with Crippen LogP contribution in [0.5, 0.6) is 0 Å². The Bertz CT molecular complexity index is 358. The average molecular weight is 223 g/mol. The van der Waals surface area contributed by atoms with Crippen LogP contribution in [0.1, 0.15) is 17.2 Å². The first-order valence-electron chi connectivity index (χ1n) is 3.97. The molecule has 1 aromatic rings. The molecule has 0 radical (unpaired) electrons. The van der Waals surface area contributed by atoms with Crippen LogP contribution in [-0.2, 0) is 10.9 Å². The van der Waals surface area contributed by atoms with Crippen LogP contribution in [0.4, 0.5) is 13.2 Å². The van der Waals surface area contributed by atoms with Gasteiger partial charge < -0.3 is 4.74 Å². The second-order valence-corrected chi connectivity index (χ2v) is 3.46. The third kappa shape index (κ3) is 1.86. The van der Waals surface area contributed by atoms with Gasteiger partial charge in [0.25, 0.3) is 0 Å². The molecule has 1 saturated heterocycles. The maximum absolute atomic E-state index is 12.3. The van der Waals surface area contributed by atoms with Gasteiger partial charge in [-0.3, -0.25) is 0 Å². The molecule has 5 heteroatoms. The molecule has 76 valence electrons. The van der Waals surface area contributed by atoms with E-state index in [-0.39, 0.29) is 6.10 Å². The highest BCUT2D eigenvalue weighted by atomic mass is 35.5. The Kier molecular flexibility index (Phi) is 2.20. The number of benzene rings is 1. The Hall–Kier alpha value is -0.740. The smallest absolute Gasteiger partial charge is 0.368 e. The molecule has 14 heavy (non-hydrogen) atoms. The van der Waals surface area contributed by atoms with Gasteiger partial charge in [-0.15, -0.1) is 0 Å². The highest BCUT2D eigenvalue weighted by Gasteiger charge is 2.34. The van der Waals surface area contributed by atoms with Crippen molar-refractivity contribution in [3.63, 3.8) is 0 Å². The summed E-state index contributed by atoms with van der Waals surface area (Å²) in [4.78, 5) is 0. The quantitative estimate of drug-likeness (QED) is 0.664. The van der Waals surface area contributed by atoms with E-state index in [1.807, 2.05) is 0 Å². The van der Waals surface area contributed by atoms with Crippen molar-refractivity contribution >= 4 is 11.6 Å². The Morgan fingerprint density at radius 2 is 2.00 bits per heavy atom. The lowest BCUT2D eigenvalue weighted by molar-refractivity contribution is -0.137. The Morgan fingerprint density at radius 1 is 1.36 bits per heavy atom. The van der Waals surface area contributed by atoms with Crippen LogP contribution < -0.4 is 0 Å². The van der Waals surface area contributed by atoms with E-state index >= 15 is 0 Å². The number of ether oxygens (including phenoxy) is 1. The molecular weight excluding hydrogens is 217 g/mol. The van der Waals surface area contributed by atoms with Gasteiger partial charge in [0.15, 0.2) is 0 Å². The number of hydrogen-bond acceptors (Lipinski definition) is 1. The lowest BCUT2D eigenvalue weighted by atomic mass is 10.1. The van der Waals surface area contributed by atoms with Crippen LogP contribution in [0.3, 0.4) is 0 Å². The molecular formula is C9H6ClF3O. The van der Waals surface area contributed by atoms with Gasteiger partial charge in [-0.05, 0) is 18.2 Å². The van der Waals surface area contributed by atoms with Crippen molar-refractivity contribution in [2.45, 2.75) is 12.3 Å². The fourth-order valence-corrected chi connectivity index (χ4v) is 1.43. The molecule has 0 aliphatic carbocycles. The predicted octanol–water partition coefficient (Wildman–Crippen LogP) is 3.43. The Morgan fingerprint density at radius 3 is 2.50 bits per heavy atom. The van der Waals surface area contributed by atoms with Crippen molar-refractivity contribution in [2.75, 3.05) is 6.61 Å². The van der Waals surface area contributed by atoms with Gasteiger partial charge in [0, 0.05) is 10.6 Å². The van der Waals surface area contributed by atoms with E-state index in [0.29, 0.717) is 17.2 Å². The van der Waals surface area contributed by atoms with Gasteiger partial charge >= 0.3 is 6.18 Å². The van der Waals surface area contributed by atoms with E-state index in [1.165, 1.54) is 6.07 Å². The molecule has 1 aromatic carbocycles. The SMILES string of the molecule is FC(F)(F)c1ccc(Cl)c(C2CO2)c1. The third-order valence-corrected chi connectivity index (χ3v) is 2.35. The molecule has 0 spiro atoms. The summed E-state index contributed by atoms with van der Waals surface area (Å²) in [6, 6.07) is 3.26. The molecule has 0 aromatic heterocycles. The molecule has 0 N–H and O–H groups in total. The summed E-state index contributed by atoms with van der Waals surface area (Å²) < 4.78 is 41.8. The summed E-state index contributed by atoms with van der Waals surface area (Å²) in [6.07, 6.45) is -4.58. The summed E-state index contributed by atoms with van der Waals surface area (Å²) >= 11 is 5.73. The minimum absolute atomic E-state index is 0.259. The molecule has 1 fully saturated rings. The molecule has 0 saturated carbocycles. The fraction of sp³-hybridized carbons (Fsp3) is 0.333. The highest BCUT2D eigenvalue weighted by molar-refractivity contribution is 6.31. The predicted molar refractivity (Wildman–Crippen MR) is 45.1 cm³/mol. The zero-order valence-corrected chi connectivity index (χ0v) is 7.69. The summed E-state index contributed by atoms with van der Waals surface area (Å²) in [6.45, 7) is 0.445. The number of hydrogen-bond donors (Lipinski definition) is 0. The Balaban J connectivity index is 2.40. The van der Waals surface area contributed by atoms with Gasteiger partial charge in [-0.1, -0.05) is 11.6 Å². The maximum atomic E-state index is 12.3. The summed E-state index contributed by atoms with van der Waals surface area (Å²) in [5, 5.41) is 0.320. The minimum Gasteiger partial charge on any atom is -0.368 e. The molecule has 1 aliphatic heterocycles. The average Bonchev–Trinajstić information content (AvgIpc) is 2.85. The maximum Gasteiger partial charge on any atom is 0.416 e. The van der Waals surface area contributed by atoms with E-state index in [4.69, 9.17) is 16.3 Å². The van der Waals surface area contributed by atoms with Crippen LogP contribution in [-0.4, -0.2) is 6.61 Å². The molecule has 1 heterocycles. The van der Waals surface area contributed by atoms with Crippen LogP contribution in [0, 0.1) is 0 Å². The van der Waals surface area contributed by atoms with Gasteiger partial charge in [-0.2, -0.15) is 13.2 Å². The second-order valence-electron chi connectivity index (χ2n) is 3.06. The minimum atomic E-state index is -4.33. The number of halogens is 4. The molecule has 0 bridgehead atoms. The number of rotatable bonds is 1. The van der Waals surface area contributed by atoms with Gasteiger partial charge in [0.2, 0.25) is 0 Å². The number of alkyl halides is 3. The largest absolute Gasteiger partial charge is 0.416 e. The van der Waals surface area contributed by atoms with Crippen LogP contribution in [0.25, 0.3) is 0 Å². The first-order valence-corrected chi connectivity index (χ1v) is 4.34. The lowest BCUT2D eigenvalue weighted by Gasteiger charge is -2.08. The first-order chi connectivity index (χ1) is 6.48. The zero-order chi connectivity index (χ0) is 10.3. The summed E-state index contributed by atoms with van der Waals surface area (Å²) in [7, 11) is 0. The standard InChI is InChI=1S/C9H6ClF3O/c10-7-2-1-5(9(11,12)13)3-6(7)8-4-14-8/h1-3,8H,4H2. The first kappa shape index (κ1) is 9.80. The molecule has 1 nitrogen and oxygen atoms in total. The third-order valence-electron chi connectivity index (χ3n) is 2.00. The lowest BCUT2D eigenvalue weighted by Crippen LogP contribution is -2.05. The highest BCUT2D eigenvalue weighted by Crippen LogP contribution is 2.38. The number of epoxide rings is 1. The zero-order valence-electron chi connectivity index (χ0n) is 6.94. The van der Waals surface area contributed by atoms with Crippen molar-refractivity contribution in [3.05, 3.63) is 34.3 Å². The molecule has 0 amide bonds. The molecule has 1 atom stereocenters. The monoisotopic (exact) mass is 222 g/mol. The van der Waals surface area contributed by atoms with E-state index in [1.54, 1.807) is 0 Å². The molecule has 1 unspecified atom stereocenters. The normalized spacial score (nSPS) is 21.0. The summed E-state index contributed by atoms with van der Waals surface area (Å²) in [5.74, 6) is 0. The van der Waals surface area contributed by atoms with Crippen LogP contribution >= 0.6 is 11.6 Å². The van der Waals surface area contributed by atoms with Crippen molar-refractivity contribution < 1.29 is 17.9 Å². The van der Waals surface area contributed by atoms with E-state index < -0.39 is 11.7 Å². The topological polar surface area (TPSA) is 12.5 Å². The van der Waals surface area contributed by atoms with Crippen molar-refractivity contribution in [1.29, 1.82) is 0 Å². The van der Waals surface area contributed by atoms with Crippen molar-refractivity contribution in [3.8, 4) is 0 Å². The van der Waals surface area contributed by atoms with Crippen molar-refractivity contribution in [2.24, 2.45) is 0 Å². The van der Waals surface area contributed by atoms with Gasteiger partial charge in [0.05, 0.1) is 12.2 Å². The fourth-order valence-electron chi connectivity index (χ4n) is 1.19. The van der Waals surface area contributed by atoms with E-state index in [2.05, 4.69) is 0 Å². The Labute approximate surface area is 83.4 Å². The van der Waals surface area contributed by atoms with Crippen molar-refractivity contribution in [1.82, 2.24) is 0 Å². The summed E-state index contributed by atoms with van der Waals surface area (Å²) in [5.41, 5.74) is -0.270.